The van der Waals surface area contributed by atoms with Gasteiger partial charge in [-0.15, -0.1) is 0 Å². The van der Waals surface area contributed by atoms with E-state index in [0.717, 1.165) is 0 Å². The van der Waals surface area contributed by atoms with Crippen LogP contribution < -0.4 is 4.90 Å². The molecule has 54 heavy (non-hydrogen) atoms. The molecule has 1 aliphatic heterocycles. The summed E-state index contributed by atoms with van der Waals surface area (Å²) in [7, 11) is -1.94. The number of hydrogen-bond acceptors (Lipinski definition) is 11. The molecule has 0 aliphatic carbocycles. The lowest BCUT2D eigenvalue weighted by molar-refractivity contribution is -0.385. The minimum atomic E-state index is -1.94. The van der Waals surface area contributed by atoms with Gasteiger partial charge in [-0.3, -0.25) is 30.0 Å². The number of rotatable bonds is 12. The lowest BCUT2D eigenvalue weighted by Gasteiger charge is -2.43. The van der Waals surface area contributed by atoms with Crippen molar-refractivity contribution in [2.24, 2.45) is 11.3 Å². The number of amides is 2. The van der Waals surface area contributed by atoms with Crippen molar-refractivity contribution in [3.63, 3.8) is 0 Å². The summed E-state index contributed by atoms with van der Waals surface area (Å²) in [5.74, 6) is -0.754. The molecule has 290 valence electrons. The van der Waals surface area contributed by atoms with Gasteiger partial charge in [0.15, 0.2) is 14.8 Å². The van der Waals surface area contributed by atoms with Crippen molar-refractivity contribution in [2.75, 3.05) is 18.0 Å². The Kier molecular flexibility index (Phi) is 12.9. The van der Waals surface area contributed by atoms with E-state index in [4.69, 9.17) is 18.6 Å². The molecule has 0 spiro atoms. The molecule has 0 unspecified atom stereocenters. The highest BCUT2D eigenvalue weighted by molar-refractivity contribution is 6.48. The van der Waals surface area contributed by atoms with Crippen molar-refractivity contribution in [1.29, 1.82) is 0 Å². The van der Waals surface area contributed by atoms with Gasteiger partial charge in [0.05, 0.1) is 22.0 Å². The van der Waals surface area contributed by atoms with E-state index < -0.39 is 48.4 Å². The molecule has 3 aromatic carbocycles. The molecule has 0 aromatic heterocycles. The van der Waals surface area contributed by atoms with Crippen LogP contribution in [0.2, 0.25) is 13.1 Å². The van der Waals surface area contributed by atoms with Gasteiger partial charge in [0, 0.05) is 42.9 Å². The molecule has 0 N–H and O–H groups in total. The minimum Gasteiger partial charge on any atom is -0.457 e. The third kappa shape index (κ3) is 10.9. The molecular formula is C38H48N4O11Si. The molecule has 0 bridgehead atoms. The Morgan fingerprint density at radius 2 is 1.39 bits per heavy atom. The Morgan fingerprint density at radius 3 is 1.87 bits per heavy atom. The summed E-state index contributed by atoms with van der Waals surface area (Å²) in [6.07, 6.45) is -1.03. The third-order valence-electron chi connectivity index (χ3n) is 8.80. The largest absolute Gasteiger partial charge is 0.457 e. The van der Waals surface area contributed by atoms with Crippen LogP contribution in [0.1, 0.15) is 69.4 Å². The number of non-ortho nitro benzene ring substituents is 2. The summed E-state index contributed by atoms with van der Waals surface area (Å²) in [4.78, 5) is 65.5. The van der Waals surface area contributed by atoms with Crippen LogP contribution in [-0.4, -0.2) is 66.4 Å². The molecule has 4 rings (SSSR count). The number of carbonyl (C=O) groups excluding carboxylic acids is 3. The highest BCUT2D eigenvalue weighted by Crippen LogP contribution is 2.45. The molecule has 1 aliphatic rings. The van der Waals surface area contributed by atoms with Crippen molar-refractivity contribution in [2.45, 2.75) is 85.6 Å². The van der Waals surface area contributed by atoms with Crippen LogP contribution in [0.3, 0.4) is 0 Å². The predicted molar refractivity (Wildman–Crippen MR) is 202 cm³/mol. The molecule has 2 atom stereocenters. The molecule has 15 nitrogen and oxygen atoms in total. The van der Waals surface area contributed by atoms with Gasteiger partial charge in [-0.1, -0.05) is 26.8 Å². The first-order valence-corrected chi connectivity index (χ1v) is 20.3. The fourth-order valence-corrected chi connectivity index (χ4v) is 7.19. The maximum atomic E-state index is 14.2. The van der Waals surface area contributed by atoms with Gasteiger partial charge >= 0.3 is 18.2 Å². The zero-order chi connectivity index (χ0) is 40.0. The SMILES string of the molecule is C[SiH](C)O[C@]1(CN(C(=O)OCc2ccc([N+](=O)[O-])cc2)c2cccc(C(=O)OCc3ccc([N+](=O)[O-])cc3)c2)C[C@H](C(C)(C)C)CN1C(=O)OC(C)(C)C. The fourth-order valence-electron chi connectivity index (χ4n) is 6.01. The molecule has 16 heteroatoms. The zero-order valence-electron chi connectivity index (χ0n) is 31.9. The zero-order valence-corrected chi connectivity index (χ0v) is 33.1. The van der Waals surface area contributed by atoms with Crippen molar-refractivity contribution >= 4 is 44.3 Å². The predicted octanol–water partition coefficient (Wildman–Crippen LogP) is 8.00. The van der Waals surface area contributed by atoms with E-state index in [-0.39, 0.29) is 53.7 Å². The number of ether oxygens (including phenoxy) is 3. The number of nitro groups is 2. The lowest BCUT2D eigenvalue weighted by atomic mass is 9.79. The quantitative estimate of drug-likeness (QED) is 0.0573. The van der Waals surface area contributed by atoms with E-state index in [1.807, 2.05) is 13.1 Å². The van der Waals surface area contributed by atoms with E-state index in [1.54, 1.807) is 37.8 Å². The number of hydrogen-bond donors (Lipinski definition) is 0. The van der Waals surface area contributed by atoms with Crippen LogP contribution in [0.25, 0.3) is 0 Å². The summed E-state index contributed by atoms with van der Waals surface area (Å²) in [5.41, 5.74) is -1.21. The second kappa shape index (κ2) is 16.8. The summed E-state index contributed by atoms with van der Waals surface area (Å²) in [6, 6.07) is 17.4. The molecule has 1 heterocycles. The van der Waals surface area contributed by atoms with Crippen LogP contribution in [-0.2, 0) is 31.9 Å². The molecule has 1 saturated heterocycles. The molecule has 0 radical (unpaired) electrons. The van der Waals surface area contributed by atoms with E-state index in [2.05, 4.69) is 20.8 Å². The highest BCUT2D eigenvalue weighted by atomic mass is 28.3. The van der Waals surface area contributed by atoms with Crippen LogP contribution in [0.4, 0.5) is 26.7 Å². The Morgan fingerprint density at radius 1 is 0.852 bits per heavy atom. The number of carbonyl (C=O) groups is 3. The Bertz CT molecular complexity index is 1840. The maximum absolute atomic E-state index is 14.2. The monoisotopic (exact) mass is 764 g/mol. The van der Waals surface area contributed by atoms with E-state index >= 15 is 0 Å². The van der Waals surface area contributed by atoms with Gasteiger partial charge in [-0.25, -0.2) is 14.4 Å². The molecule has 1 fully saturated rings. The van der Waals surface area contributed by atoms with Crippen molar-refractivity contribution in [3.05, 3.63) is 110 Å². The van der Waals surface area contributed by atoms with E-state index in [1.165, 1.54) is 65.6 Å². The van der Waals surface area contributed by atoms with Gasteiger partial charge in [0.2, 0.25) is 0 Å². The number of nitrogens with zero attached hydrogens (tertiary/aromatic N) is 4. The number of likely N-dealkylation sites (tertiary alicyclic amines) is 1. The first-order valence-electron chi connectivity index (χ1n) is 17.5. The average Bonchev–Trinajstić information content (AvgIpc) is 3.47. The number of benzene rings is 3. The van der Waals surface area contributed by atoms with Crippen molar-refractivity contribution in [1.82, 2.24) is 4.90 Å². The van der Waals surface area contributed by atoms with Gasteiger partial charge in [-0.2, -0.15) is 0 Å². The van der Waals surface area contributed by atoms with Crippen LogP contribution in [0.5, 0.6) is 0 Å². The van der Waals surface area contributed by atoms with Crippen LogP contribution in [0, 0.1) is 31.6 Å². The Balaban J connectivity index is 1.72. The Labute approximate surface area is 316 Å². The van der Waals surface area contributed by atoms with Gasteiger partial charge in [0.25, 0.3) is 11.4 Å². The van der Waals surface area contributed by atoms with Gasteiger partial charge in [0.1, 0.15) is 18.8 Å². The van der Waals surface area contributed by atoms with Crippen LogP contribution >= 0.6 is 0 Å². The number of nitro benzene ring substituents is 2. The molecule has 0 saturated carbocycles. The summed E-state index contributed by atoms with van der Waals surface area (Å²) < 4.78 is 24.0. The highest BCUT2D eigenvalue weighted by Gasteiger charge is 2.54. The van der Waals surface area contributed by atoms with Gasteiger partial charge < -0.3 is 18.6 Å². The fraction of sp³-hybridized carbons (Fsp3) is 0.447. The van der Waals surface area contributed by atoms with Crippen molar-refractivity contribution < 1.29 is 42.9 Å². The second-order valence-electron chi connectivity index (χ2n) is 15.6. The van der Waals surface area contributed by atoms with E-state index in [0.29, 0.717) is 24.1 Å². The minimum absolute atomic E-state index is 0.0449. The first-order chi connectivity index (χ1) is 25.2. The summed E-state index contributed by atoms with van der Waals surface area (Å²) in [5, 5.41) is 22.2. The summed E-state index contributed by atoms with van der Waals surface area (Å²) in [6.45, 7) is 15.2. The Hall–Kier alpha value is -5.35. The van der Waals surface area contributed by atoms with E-state index in [9.17, 15) is 34.6 Å². The van der Waals surface area contributed by atoms with Crippen molar-refractivity contribution in [3.8, 4) is 0 Å². The lowest BCUT2D eigenvalue weighted by Crippen LogP contribution is -2.59. The molecule has 3 aromatic rings. The molecular weight excluding hydrogens is 717 g/mol. The maximum Gasteiger partial charge on any atom is 0.414 e. The second-order valence-corrected chi connectivity index (χ2v) is 17.9. The van der Waals surface area contributed by atoms with Gasteiger partial charge in [-0.05, 0) is 98.8 Å². The summed E-state index contributed by atoms with van der Waals surface area (Å²) >= 11 is 0. The molecule has 2 amide bonds. The normalized spacial score (nSPS) is 17.2. The first kappa shape index (κ1) is 41.4. The topological polar surface area (TPSA) is 181 Å². The number of anilines is 1. The number of esters is 1. The average molecular weight is 765 g/mol. The standard InChI is InChI=1S/C38H48N4O11Si/c1-36(2,3)29-21-38(53-54(7)8,40(22-29)35(45)52-37(4,5)6)25-39(34(44)51-24-27-14-18-31(19-15-27)42(48)49)32-11-9-10-28(20-32)33(43)50-23-26-12-16-30(17-13-26)41(46)47/h9-20,29,54H,21-25H2,1-8H3/t29-,38-/m0/s1. The third-order valence-corrected chi connectivity index (χ3v) is 9.71. The van der Waals surface area contributed by atoms with Crippen LogP contribution in [0.15, 0.2) is 72.8 Å². The smallest absolute Gasteiger partial charge is 0.414 e.